The highest BCUT2D eigenvalue weighted by Gasteiger charge is 2.12. The van der Waals surface area contributed by atoms with Gasteiger partial charge in [-0.25, -0.2) is 0 Å². The summed E-state index contributed by atoms with van der Waals surface area (Å²) in [4.78, 5) is 11.9. The first-order valence-corrected chi connectivity index (χ1v) is 9.46. The van der Waals surface area contributed by atoms with Crippen LogP contribution in [0, 0.1) is 6.92 Å². The molecule has 0 bridgehead atoms. The van der Waals surface area contributed by atoms with Crippen LogP contribution < -0.4 is 5.32 Å². The third-order valence-corrected chi connectivity index (χ3v) is 4.85. The van der Waals surface area contributed by atoms with Crippen molar-refractivity contribution in [3.63, 3.8) is 0 Å². The predicted molar refractivity (Wildman–Crippen MR) is 99.1 cm³/mol. The van der Waals surface area contributed by atoms with Crippen LogP contribution in [0.5, 0.6) is 0 Å². The predicted octanol–water partition coefficient (Wildman–Crippen LogP) is 3.58. The Labute approximate surface area is 148 Å². The van der Waals surface area contributed by atoms with Crippen molar-refractivity contribution in [2.75, 3.05) is 12.3 Å². The molecule has 0 unspecified atom stereocenters. The lowest BCUT2D eigenvalue weighted by molar-refractivity contribution is -0.118. The van der Waals surface area contributed by atoms with E-state index in [2.05, 4.69) is 41.5 Å². The number of benzene rings is 1. The van der Waals surface area contributed by atoms with Crippen LogP contribution in [-0.4, -0.2) is 33.0 Å². The molecule has 0 spiro atoms. The van der Waals surface area contributed by atoms with Crippen molar-refractivity contribution in [1.29, 1.82) is 0 Å². The van der Waals surface area contributed by atoms with Gasteiger partial charge in [0, 0.05) is 19.2 Å². The lowest BCUT2D eigenvalue weighted by Crippen LogP contribution is -2.26. The average Bonchev–Trinajstić information content (AvgIpc) is 2.94. The summed E-state index contributed by atoms with van der Waals surface area (Å²) in [5.74, 6) is 1.24. The van der Waals surface area contributed by atoms with E-state index in [0.717, 1.165) is 29.5 Å². The van der Waals surface area contributed by atoms with Gasteiger partial charge >= 0.3 is 0 Å². The summed E-state index contributed by atoms with van der Waals surface area (Å²) in [5.41, 5.74) is 2.24. The number of nitrogens with one attached hydrogen (secondary N) is 1. The number of hydrogen-bond acceptors (Lipinski definition) is 4. The molecule has 0 aliphatic heterocycles. The zero-order valence-corrected chi connectivity index (χ0v) is 15.5. The largest absolute Gasteiger partial charge is 0.355 e. The third kappa shape index (κ3) is 5.37. The van der Waals surface area contributed by atoms with Crippen LogP contribution in [0.25, 0.3) is 11.4 Å². The molecular weight excluding hydrogens is 320 g/mol. The molecule has 0 aliphatic rings. The van der Waals surface area contributed by atoms with Crippen LogP contribution in [0.15, 0.2) is 29.4 Å². The maximum atomic E-state index is 11.9. The minimum Gasteiger partial charge on any atom is -0.355 e. The molecule has 1 aromatic carbocycles. The van der Waals surface area contributed by atoms with Crippen LogP contribution in [-0.2, 0) is 11.8 Å². The molecule has 130 valence electrons. The topological polar surface area (TPSA) is 59.8 Å². The maximum Gasteiger partial charge on any atom is 0.230 e. The molecule has 1 heterocycles. The number of amides is 1. The van der Waals surface area contributed by atoms with Gasteiger partial charge in [0.05, 0.1) is 5.75 Å². The van der Waals surface area contributed by atoms with Gasteiger partial charge in [-0.05, 0) is 13.3 Å². The summed E-state index contributed by atoms with van der Waals surface area (Å²) in [6, 6.07) is 8.19. The minimum absolute atomic E-state index is 0.0522. The van der Waals surface area contributed by atoms with Crippen molar-refractivity contribution in [2.45, 2.75) is 44.7 Å². The van der Waals surface area contributed by atoms with E-state index in [9.17, 15) is 4.79 Å². The molecule has 1 N–H and O–H groups in total. The number of hydrogen-bond donors (Lipinski definition) is 1. The highest BCUT2D eigenvalue weighted by molar-refractivity contribution is 7.99. The monoisotopic (exact) mass is 346 g/mol. The highest BCUT2D eigenvalue weighted by Crippen LogP contribution is 2.22. The van der Waals surface area contributed by atoms with E-state index in [-0.39, 0.29) is 5.91 Å². The number of nitrogens with zero attached hydrogens (tertiary/aromatic N) is 3. The van der Waals surface area contributed by atoms with Gasteiger partial charge in [-0.3, -0.25) is 4.79 Å². The molecule has 24 heavy (non-hydrogen) atoms. The zero-order chi connectivity index (χ0) is 17.4. The normalized spacial score (nSPS) is 10.8. The smallest absolute Gasteiger partial charge is 0.230 e. The molecule has 2 rings (SSSR count). The van der Waals surface area contributed by atoms with Crippen molar-refractivity contribution in [3.05, 3.63) is 29.8 Å². The maximum absolute atomic E-state index is 11.9. The average molecular weight is 347 g/mol. The van der Waals surface area contributed by atoms with E-state index in [1.165, 1.54) is 36.6 Å². The molecule has 0 radical (unpaired) electrons. The fourth-order valence-corrected chi connectivity index (χ4v) is 3.10. The quantitative estimate of drug-likeness (QED) is 0.557. The van der Waals surface area contributed by atoms with E-state index >= 15 is 0 Å². The first-order valence-electron chi connectivity index (χ1n) is 8.47. The summed E-state index contributed by atoms with van der Waals surface area (Å²) in [7, 11) is 1.93. The van der Waals surface area contributed by atoms with Gasteiger partial charge in [-0.2, -0.15) is 0 Å². The van der Waals surface area contributed by atoms with E-state index in [1.807, 2.05) is 23.7 Å². The van der Waals surface area contributed by atoms with Crippen molar-refractivity contribution >= 4 is 17.7 Å². The molecule has 0 atom stereocenters. The van der Waals surface area contributed by atoms with Gasteiger partial charge in [0.15, 0.2) is 11.0 Å². The molecule has 6 heteroatoms. The van der Waals surface area contributed by atoms with Crippen LogP contribution in [0.3, 0.4) is 0 Å². The van der Waals surface area contributed by atoms with Gasteiger partial charge in [0.1, 0.15) is 0 Å². The summed E-state index contributed by atoms with van der Waals surface area (Å²) in [6.45, 7) is 5.00. The minimum atomic E-state index is 0.0522. The highest BCUT2D eigenvalue weighted by atomic mass is 32.2. The molecule has 1 amide bonds. The number of thioether (sulfide) groups is 1. The summed E-state index contributed by atoms with van der Waals surface area (Å²) in [5, 5.41) is 12.2. The Hall–Kier alpha value is -1.82. The second-order valence-electron chi connectivity index (χ2n) is 5.93. The Bertz CT molecular complexity index is 652. The number of carbonyl (C=O) groups is 1. The van der Waals surface area contributed by atoms with Crippen molar-refractivity contribution in [1.82, 2.24) is 20.1 Å². The molecule has 0 saturated carbocycles. The van der Waals surface area contributed by atoms with Crippen molar-refractivity contribution in [3.8, 4) is 11.4 Å². The first kappa shape index (κ1) is 18.5. The third-order valence-electron chi connectivity index (χ3n) is 3.83. The molecule has 1 aromatic heterocycles. The fraction of sp³-hybridized carbons (Fsp3) is 0.500. The number of carbonyl (C=O) groups excluding carboxylic acids is 1. The number of rotatable bonds is 9. The first-order chi connectivity index (χ1) is 11.6. The van der Waals surface area contributed by atoms with Gasteiger partial charge in [0.2, 0.25) is 5.91 Å². The van der Waals surface area contributed by atoms with E-state index < -0.39 is 0 Å². The summed E-state index contributed by atoms with van der Waals surface area (Å²) < 4.78 is 1.93. The Morgan fingerprint density at radius 3 is 2.62 bits per heavy atom. The molecule has 0 saturated heterocycles. The number of aromatic nitrogens is 3. The lowest BCUT2D eigenvalue weighted by atomic mass is 10.1. The van der Waals surface area contributed by atoms with Gasteiger partial charge < -0.3 is 9.88 Å². The van der Waals surface area contributed by atoms with E-state index in [1.54, 1.807) is 0 Å². The molecule has 0 aliphatic carbocycles. The van der Waals surface area contributed by atoms with Crippen molar-refractivity contribution < 1.29 is 4.79 Å². The molecule has 5 nitrogen and oxygen atoms in total. The van der Waals surface area contributed by atoms with Crippen LogP contribution in [0.2, 0.25) is 0 Å². The van der Waals surface area contributed by atoms with Crippen LogP contribution in [0.1, 0.15) is 38.2 Å². The Morgan fingerprint density at radius 2 is 1.92 bits per heavy atom. The zero-order valence-electron chi connectivity index (χ0n) is 14.7. The standard InChI is InChI=1S/C18H26N4OS/c1-4-5-6-7-12-19-16(23)13-24-18-21-20-17(22(18)3)15-10-8-14(2)9-11-15/h8-11H,4-7,12-13H2,1-3H3,(H,19,23). The van der Waals surface area contributed by atoms with Crippen LogP contribution in [0.4, 0.5) is 0 Å². The van der Waals surface area contributed by atoms with Crippen LogP contribution >= 0.6 is 11.8 Å². The summed E-state index contributed by atoms with van der Waals surface area (Å²) >= 11 is 1.42. The lowest BCUT2D eigenvalue weighted by Gasteiger charge is -2.06. The second-order valence-corrected chi connectivity index (χ2v) is 6.87. The molecule has 0 fully saturated rings. The van der Waals surface area contributed by atoms with Gasteiger partial charge in [0.25, 0.3) is 0 Å². The number of aryl methyl sites for hydroxylation is 1. The van der Waals surface area contributed by atoms with E-state index in [4.69, 9.17) is 0 Å². The molecule has 2 aromatic rings. The Kier molecular flexibility index (Phi) is 7.31. The van der Waals surface area contributed by atoms with Gasteiger partial charge in [-0.1, -0.05) is 67.8 Å². The fourth-order valence-electron chi connectivity index (χ4n) is 2.36. The Morgan fingerprint density at radius 1 is 1.17 bits per heavy atom. The van der Waals surface area contributed by atoms with E-state index in [0.29, 0.717) is 5.75 Å². The molecular formula is C18H26N4OS. The van der Waals surface area contributed by atoms with Crippen molar-refractivity contribution in [2.24, 2.45) is 7.05 Å². The second kappa shape index (κ2) is 9.47. The number of unbranched alkanes of at least 4 members (excludes halogenated alkanes) is 3. The SMILES string of the molecule is CCCCCCNC(=O)CSc1nnc(-c2ccc(C)cc2)n1C. The Balaban J connectivity index is 1.83. The van der Waals surface area contributed by atoms with Gasteiger partial charge in [-0.15, -0.1) is 10.2 Å². The summed E-state index contributed by atoms with van der Waals surface area (Å²) in [6.07, 6.45) is 4.66.